The second-order valence-electron chi connectivity index (χ2n) is 10.1. The maximum Gasteiger partial charge on any atom is 0.316 e. The van der Waals surface area contributed by atoms with Crippen molar-refractivity contribution in [1.82, 2.24) is 0 Å². The summed E-state index contributed by atoms with van der Waals surface area (Å²) in [5.74, 6) is -1.61. The number of aryl methyl sites for hydroxylation is 2. The van der Waals surface area contributed by atoms with Crippen molar-refractivity contribution in [2.75, 3.05) is 16.3 Å². The van der Waals surface area contributed by atoms with E-state index in [1.807, 2.05) is 32.0 Å². The molecule has 0 unspecified atom stereocenters. The van der Waals surface area contributed by atoms with Gasteiger partial charge in [-0.3, -0.25) is 19.2 Å². The summed E-state index contributed by atoms with van der Waals surface area (Å²) in [7, 11) is 0. The Morgan fingerprint density at radius 1 is 0.914 bits per heavy atom. The van der Waals surface area contributed by atoms with E-state index in [1.54, 1.807) is 29.2 Å². The van der Waals surface area contributed by atoms with Crippen molar-refractivity contribution < 1.29 is 23.9 Å². The lowest BCUT2D eigenvalue weighted by Gasteiger charge is -2.21. The van der Waals surface area contributed by atoms with Gasteiger partial charge in [-0.15, -0.1) is 0 Å². The smallest absolute Gasteiger partial charge is 0.316 e. The number of imide groups is 1. The average Bonchev–Trinajstić information content (AvgIpc) is 3.58. The third kappa shape index (κ3) is 3.32. The predicted octanol–water partition coefficient (Wildman–Crippen LogP) is 3.57. The minimum absolute atomic E-state index is 0.0779. The molecule has 1 saturated carbocycles. The molecule has 7 heteroatoms. The van der Waals surface area contributed by atoms with Gasteiger partial charge in [-0.1, -0.05) is 36.4 Å². The Hall–Kier alpha value is -3.74. The molecule has 7 nitrogen and oxygen atoms in total. The highest BCUT2D eigenvalue weighted by Gasteiger charge is 2.59. The van der Waals surface area contributed by atoms with Gasteiger partial charge in [-0.2, -0.15) is 0 Å². The molecule has 5 atom stereocenters. The van der Waals surface area contributed by atoms with Gasteiger partial charge in [0, 0.05) is 24.7 Å². The molecular weight excluding hydrogens is 444 g/mol. The minimum atomic E-state index is -0.596. The minimum Gasteiger partial charge on any atom is -0.426 e. The lowest BCUT2D eigenvalue weighted by atomic mass is 9.85. The summed E-state index contributed by atoms with van der Waals surface area (Å²) in [5.41, 5.74) is 3.22. The van der Waals surface area contributed by atoms with Crippen molar-refractivity contribution in [2.24, 2.45) is 29.6 Å². The van der Waals surface area contributed by atoms with Gasteiger partial charge in [0.05, 0.1) is 23.4 Å². The van der Waals surface area contributed by atoms with Gasteiger partial charge in [0.1, 0.15) is 5.75 Å². The first-order valence-electron chi connectivity index (χ1n) is 12.1. The van der Waals surface area contributed by atoms with Crippen molar-refractivity contribution >= 4 is 35.1 Å². The largest absolute Gasteiger partial charge is 0.426 e. The number of ether oxygens (including phenoxy) is 1. The Bertz CT molecular complexity index is 1260. The fourth-order valence-electron chi connectivity index (χ4n) is 6.36. The molecule has 2 aromatic rings. The average molecular weight is 471 g/mol. The molecule has 0 N–H and O–H groups in total. The number of para-hydroxylation sites is 1. The Morgan fingerprint density at radius 3 is 2.20 bits per heavy atom. The standard InChI is InChI=1S/C28H26N2O5/c1-15-5-3-6-16(2)25(15)29-14-19(12-22(29)31)28(34)35-21-8-4-7-20(13-21)30-26(32)23-17-9-10-18(11-17)24(23)27(30)33/h3-10,13,17-19,23-24H,11-12,14H2,1-2H3/t17-,18-,19+,23-,24+/m0/s1. The second-order valence-corrected chi connectivity index (χ2v) is 10.1. The van der Waals surface area contributed by atoms with Gasteiger partial charge in [-0.25, -0.2) is 4.90 Å². The molecule has 0 radical (unpaired) electrons. The number of fused-ring (bicyclic) bond motifs is 5. The number of esters is 1. The van der Waals surface area contributed by atoms with E-state index >= 15 is 0 Å². The molecule has 2 saturated heterocycles. The molecule has 2 aliphatic carbocycles. The van der Waals surface area contributed by atoms with Crippen LogP contribution in [-0.4, -0.2) is 30.2 Å². The third-order valence-corrected chi connectivity index (χ3v) is 7.93. The maximum absolute atomic E-state index is 13.1. The van der Waals surface area contributed by atoms with Crippen LogP contribution in [0.1, 0.15) is 24.0 Å². The number of hydrogen-bond donors (Lipinski definition) is 0. The summed E-state index contributed by atoms with van der Waals surface area (Å²) >= 11 is 0. The SMILES string of the molecule is Cc1cccc(C)c1N1C[C@H](C(=O)Oc2cccc(N3C(=O)[C@@H]4[C@H](C3=O)[C@H]3C=C[C@H]4C3)c2)CC1=O. The molecule has 35 heavy (non-hydrogen) atoms. The zero-order valence-electron chi connectivity index (χ0n) is 19.6. The molecule has 178 valence electrons. The zero-order valence-corrected chi connectivity index (χ0v) is 19.6. The normalized spacial score (nSPS) is 28.9. The van der Waals surface area contributed by atoms with Gasteiger partial charge < -0.3 is 9.64 Å². The van der Waals surface area contributed by atoms with E-state index in [0.29, 0.717) is 5.69 Å². The number of carbonyl (C=O) groups is 4. The van der Waals surface area contributed by atoms with E-state index in [-0.39, 0.29) is 60.1 Å². The van der Waals surface area contributed by atoms with Crippen molar-refractivity contribution in [3.63, 3.8) is 0 Å². The van der Waals surface area contributed by atoms with Crippen LogP contribution in [0.3, 0.4) is 0 Å². The summed E-state index contributed by atoms with van der Waals surface area (Å²) in [6, 6.07) is 12.4. The fraction of sp³-hybridized carbons (Fsp3) is 0.357. The molecule has 0 spiro atoms. The fourth-order valence-corrected chi connectivity index (χ4v) is 6.36. The summed E-state index contributed by atoms with van der Waals surface area (Å²) in [6.07, 6.45) is 5.07. The number of rotatable bonds is 4. The van der Waals surface area contributed by atoms with Crippen LogP contribution >= 0.6 is 0 Å². The number of nitrogens with zero attached hydrogens (tertiary/aromatic N) is 2. The molecule has 2 heterocycles. The van der Waals surface area contributed by atoms with Crippen LogP contribution < -0.4 is 14.5 Å². The van der Waals surface area contributed by atoms with Crippen LogP contribution in [0.2, 0.25) is 0 Å². The number of anilines is 2. The van der Waals surface area contributed by atoms with E-state index < -0.39 is 11.9 Å². The van der Waals surface area contributed by atoms with Gasteiger partial charge in [0.15, 0.2) is 0 Å². The van der Waals surface area contributed by atoms with Crippen molar-refractivity contribution in [2.45, 2.75) is 26.7 Å². The van der Waals surface area contributed by atoms with Crippen molar-refractivity contribution in [1.29, 1.82) is 0 Å². The lowest BCUT2D eigenvalue weighted by molar-refractivity contribution is -0.139. The summed E-state index contributed by atoms with van der Waals surface area (Å²) in [6.45, 7) is 4.15. The molecule has 4 aliphatic rings. The quantitative estimate of drug-likeness (QED) is 0.295. The van der Waals surface area contributed by atoms with E-state index in [2.05, 4.69) is 12.2 Å². The number of allylic oxidation sites excluding steroid dienone is 2. The highest BCUT2D eigenvalue weighted by molar-refractivity contribution is 6.22. The first kappa shape index (κ1) is 21.8. The Morgan fingerprint density at radius 2 is 1.54 bits per heavy atom. The van der Waals surface area contributed by atoms with Crippen LogP contribution in [0.25, 0.3) is 0 Å². The first-order valence-corrected chi connectivity index (χ1v) is 12.1. The monoisotopic (exact) mass is 470 g/mol. The second kappa shape index (κ2) is 7.90. The molecule has 3 amide bonds. The van der Waals surface area contributed by atoms with E-state index in [0.717, 1.165) is 23.2 Å². The number of benzene rings is 2. The van der Waals surface area contributed by atoms with Crippen LogP contribution in [0.5, 0.6) is 5.75 Å². The van der Waals surface area contributed by atoms with Crippen LogP contribution in [0, 0.1) is 43.4 Å². The molecule has 3 fully saturated rings. The Labute approximate surface area is 203 Å². The van der Waals surface area contributed by atoms with E-state index in [9.17, 15) is 19.2 Å². The molecular formula is C28H26N2O5. The zero-order chi connectivity index (χ0) is 24.4. The predicted molar refractivity (Wildman–Crippen MR) is 129 cm³/mol. The van der Waals surface area contributed by atoms with Gasteiger partial charge in [0.25, 0.3) is 0 Å². The van der Waals surface area contributed by atoms with Gasteiger partial charge in [-0.05, 0) is 55.4 Å². The Balaban J connectivity index is 1.18. The van der Waals surface area contributed by atoms with Crippen LogP contribution in [0.4, 0.5) is 11.4 Å². The molecule has 6 rings (SSSR count). The third-order valence-electron chi connectivity index (χ3n) is 7.93. The van der Waals surface area contributed by atoms with Crippen molar-refractivity contribution in [3.8, 4) is 5.75 Å². The number of hydrogen-bond acceptors (Lipinski definition) is 5. The maximum atomic E-state index is 13.1. The summed E-state index contributed by atoms with van der Waals surface area (Å²) in [5, 5.41) is 0. The molecule has 0 aromatic heterocycles. The van der Waals surface area contributed by atoms with Crippen LogP contribution in [0.15, 0.2) is 54.6 Å². The summed E-state index contributed by atoms with van der Waals surface area (Å²) in [4.78, 5) is 54.8. The van der Waals surface area contributed by atoms with Gasteiger partial charge >= 0.3 is 5.97 Å². The summed E-state index contributed by atoms with van der Waals surface area (Å²) < 4.78 is 5.63. The van der Waals surface area contributed by atoms with Crippen molar-refractivity contribution in [3.05, 3.63) is 65.7 Å². The highest BCUT2D eigenvalue weighted by Crippen LogP contribution is 2.53. The Kier molecular flexibility index (Phi) is 4.91. The lowest BCUT2D eigenvalue weighted by Crippen LogP contribution is -2.32. The molecule has 2 aromatic carbocycles. The molecule has 2 bridgehead atoms. The van der Waals surface area contributed by atoms with Gasteiger partial charge in [0.2, 0.25) is 17.7 Å². The van der Waals surface area contributed by atoms with Crippen LogP contribution in [-0.2, 0) is 19.2 Å². The topological polar surface area (TPSA) is 84.0 Å². The number of amides is 3. The highest BCUT2D eigenvalue weighted by atomic mass is 16.5. The van der Waals surface area contributed by atoms with E-state index in [1.165, 1.54) is 4.90 Å². The number of carbonyl (C=O) groups excluding carboxylic acids is 4. The van der Waals surface area contributed by atoms with E-state index in [4.69, 9.17) is 4.74 Å². The molecule has 2 aliphatic heterocycles. The first-order chi connectivity index (χ1) is 16.8.